The second-order valence-corrected chi connectivity index (χ2v) is 5.37. The quantitative estimate of drug-likeness (QED) is 0.589. The molecule has 0 N–H and O–H groups in total. The molecular weight excluding hydrogens is 272 g/mol. The van der Waals surface area contributed by atoms with E-state index in [-0.39, 0.29) is 11.4 Å². The van der Waals surface area contributed by atoms with Crippen LogP contribution in [0.1, 0.15) is 32.3 Å². The van der Waals surface area contributed by atoms with Crippen LogP contribution in [0.5, 0.6) is 5.75 Å². The highest BCUT2D eigenvalue weighted by atomic mass is 32.1. The van der Waals surface area contributed by atoms with Gasteiger partial charge in [-0.25, -0.2) is 0 Å². The summed E-state index contributed by atoms with van der Waals surface area (Å²) in [5.41, 5.74) is 1.06. The summed E-state index contributed by atoms with van der Waals surface area (Å²) in [6.07, 6.45) is 2.39. The Morgan fingerprint density at radius 2 is 1.80 bits per heavy atom. The van der Waals surface area contributed by atoms with Crippen molar-refractivity contribution in [2.45, 2.75) is 33.1 Å². The van der Waals surface area contributed by atoms with E-state index in [1.807, 2.05) is 24.3 Å². The summed E-state index contributed by atoms with van der Waals surface area (Å²) < 4.78 is 10.5. The van der Waals surface area contributed by atoms with Gasteiger partial charge in [-0.15, -0.1) is 0 Å². The Bertz CT molecular complexity index is 402. The van der Waals surface area contributed by atoms with Gasteiger partial charge in [0.2, 0.25) is 0 Å². The van der Waals surface area contributed by atoms with Gasteiger partial charge in [-0.05, 0) is 36.3 Å². The first-order chi connectivity index (χ1) is 9.59. The number of thiol groups is 1. The van der Waals surface area contributed by atoms with Gasteiger partial charge in [0.15, 0.2) is 0 Å². The Balaban J connectivity index is 2.59. The predicted molar refractivity (Wildman–Crippen MR) is 84.5 cm³/mol. The van der Waals surface area contributed by atoms with Crippen LogP contribution >= 0.6 is 12.6 Å². The third kappa shape index (κ3) is 4.75. The van der Waals surface area contributed by atoms with E-state index in [4.69, 9.17) is 4.74 Å². The molecule has 0 aromatic heterocycles. The normalized spacial score (nSPS) is 11.2. The van der Waals surface area contributed by atoms with Crippen LogP contribution in [-0.4, -0.2) is 25.4 Å². The molecule has 0 atom stereocenters. The first-order valence-electron chi connectivity index (χ1n) is 6.98. The molecular formula is C16H24O3S. The van der Waals surface area contributed by atoms with Gasteiger partial charge in [0.05, 0.1) is 20.1 Å². The van der Waals surface area contributed by atoms with E-state index >= 15 is 0 Å². The zero-order chi connectivity index (χ0) is 15.0. The van der Waals surface area contributed by atoms with Crippen molar-refractivity contribution in [1.29, 1.82) is 0 Å². The fourth-order valence-electron chi connectivity index (χ4n) is 1.90. The van der Waals surface area contributed by atoms with Crippen molar-refractivity contribution in [1.82, 2.24) is 0 Å². The fraction of sp³-hybridized carbons (Fsp3) is 0.562. The maximum Gasteiger partial charge on any atom is 0.309 e. The average molecular weight is 296 g/mol. The highest BCUT2D eigenvalue weighted by Gasteiger charge is 2.25. The number of ether oxygens (including phenoxy) is 2. The molecule has 0 radical (unpaired) electrons. The van der Waals surface area contributed by atoms with Crippen LogP contribution < -0.4 is 4.74 Å². The predicted octanol–water partition coefficient (Wildman–Crippen LogP) is 3.52. The number of esters is 1. The smallest absolute Gasteiger partial charge is 0.309 e. The molecule has 0 saturated heterocycles. The van der Waals surface area contributed by atoms with Gasteiger partial charge in [0.25, 0.3) is 0 Å². The molecule has 0 unspecified atom stereocenters. The molecule has 1 aromatic rings. The molecule has 1 aromatic carbocycles. The summed E-state index contributed by atoms with van der Waals surface area (Å²) in [6.45, 7) is 5.00. The minimum Gasteiger partial charge on any atom is -0.493 e. The molecule has 0 saturated carbocycles. The minimum atomic E-state index is -0.232. The van der Waals surface area contributed by atoms with Gasteiger partial charge in [-0.1, -0.05) is 26.0 Å². The molecule has 0 spiro atoms. The summed E-state index contributed by atoms with van der Waals surface area (Å²) in [5, 5.41) is 0. The Labute approximate surface area is 127 Å². The highest BCUT2D eigenvalue weighted by Crippen LogP contribution is 2.29. The number of hydrogen-bond acceptors (Lipinski definition) is 4. The third-order valence-electron chi connectivity index (χ3n) is 3.88. The van der Waals surface area contributed by atoms with Gasteiger partial charge in [0.1, 0.15) is 5.75 Å². The van der Waals surface area contributed by atoms with E-state index in [1.54, 1.807) is 0 Å². The number of carbonyl (C=O) groups is 1. The molecule has 112 valence electrons. The summed E-state index contributed by atoms with van der Waals surface area (Å²) in [7, 11) is 1.40. The standard InChI is InChI=1S/C16H24O3S/c1-4-16(5-2,12-20)11-19-14-8-6-13(7-9-14)10-15(17)18-3/h6-9,20H,4-5,10-12H2,1-3H3. The Morgan fingerprint density at radius 3 is 2.25 bits per heavy atom. The first-order valence-corrected chi connectivity index (χ1v) is 7.61. The number of rotatable bonds is 8. The lowest BCUT2D eigenvalue weighted by molar-refractivity contribution is -0.139. The lowest BCUT2D eigenvalue weighted by atomic mass is 9.85. The zero-order valence-corrected chi connectivity index (χ0v) is 13.4. The highest BCUT2D eigenvalue weighted by molar-refractivity contribution is 7.80. The SMILES string of the molecule is CCC(CC)(CS)COc1ccc(CC(=O)OC)cc1. The number of methoxy groups -OCH3 is 1. The molecule has 3 nitrogen and oxygen atoms in total. The van der Waals surface area contributed by atoms with Crippen molar-refractivity contribution in [3.8, 4) is 5.75 Å². The van der Waals surface area contributed by atoms with E-state index in [2.05, 4.69) is 31.2 Å². The molecule has 1 rings (SSSR count). The topological polar surface area (TPSA) is 35.5 Å². The summed E-state index contributed by atoms with van der Waals surface area (Å²) in [4.78, 5) is 11.2. The number of carbonyl (C=O) groups excluding carboxylic acids is 1. The minimum absolute atomic E-state index is 0.133. The largest absolute Gasteiger partial charge is 0.493 e. The van der Waals surface area contributed by atoms with Crippen LogP contribution in [0.25, 0.3) is 0 Å². The van der Waals surface area contributed by atoms with Crippen LogP contribution in [0.15, 0.2) is 24.3 Å². The van der Waals surface area contributed by atoms with Crippen molar-refractivity contribution >= 4 is 18.6 Å². The summed E-state index contributed by atoms with van der Waals surface area (Å²) in [5.74, 6) is 1.41. The maximum absolute atomic E-state index is 11.2. The van der Waals surface area contributed by atoms with Crippen LogP contribution in [0.3, 0.4) is 0 Å². The summed E-state index contributed by atoms with van der Waals surface area (Å²) >= 11 is 4.44. The van der Waals surface area contributed by atoms with E-state index in [1.165, 1.54) is 7.11 Å². The zero-order valence-electron chi connectivity index (χ0n) is 12.5. The Morgan fingerprint density at radius 1 is 1.20 bits per heavy atom. The Kier molecular flexibility index (Phi) is 6.93. The van der Waals surface area contributed by atoms with E-state index in [0.29, 0.717) is 13.0 Å². The van der Waals surface area contributed by atoms with Crippen molar-refractivity contribution in [3.05, 3.63) is 29.8 Å². The fourth-order valence-corrected chi connectivity index (χ4v) is 2.44. The molecule has 0 heterocycles. The number of hydrogen-bond donors (Lipinski definition) is 1. The Hall–Kier alpha value is -1.16. The summed E-state index contributed by atoms with van der Waals surface area (Å²) in [6, 6.07) is 7.58. The monoisotopic (exact) mass is 296 g/mol. The van der Waals surface area contributed by atoms with Crippen LogP contribution in [0.4, 0.5) is 0 Å². The lowest BCUT2D eigenvalue weighted by Crippen LogP contribution is -2.29. The number of benzene rings is 1. The van der Waals surface area contributed by atoms with Gasteiger partial charge in [-0.2, -0.15) is 12.6 Å². The van der Waals surface area contributed by atoms with Gasteiger partial charge < -0.3 is 9.47 Å². The maximum atomic E-state index is 11.2. The third-order valence-corrected chi connectivity index (χ3v) is 4.55. The van der Waals surface area contributed by atoms with Crippen molar-refractivity contribution in [2.24, 2.45) is 5.41 Å². The van der Waals surface area contributed by atoms with Crippen LogP contribution in [0.2, 0.25) is 0 Å². The van der Waals surface area contributed by atoms with E-state index in [9.17, 15) is 4.79 Å². The van der Waals surface area contributed by atoms with Crippen LogP contribution in [-0.2, 0) is 16.0 Å². The van der Waals surface area contributed by atoms with Crippen LogP contribution in [0, 0.1) is 5.41 Å². The molecule has 4 heteroatoms. The van der Waals surface area contributed by atoms with Crippen molar-refractivity contribution in [2.75, 3.05) is 19.5 Å². The van der Waals surface area contributed by atoms with E-state index in [0.717, 1.165) is 29.9 Å². The lowest BCUT2D eigenvalue weighted by Gasteiger charge is -2.29. The van der Waals surface area contributed by atoms with Crippen molar-refractivity contribution in [3.63, 3.8) is 0 Å². The molecule has 0 aliphatic heterocycles. The van der Waals surface area contributed by atoms with Gasteiger partial charge >= 0.3 is 5.97 Å². The molecule has 0 aliphatic rings. The van der Waals surface area contributed by atoms with Gasteiger partial charge in [0, 0.05) is 5.41 Å². The molecule has 20 heavy (non-hydrogen) atoms. The average Bonchev–Trinajstić information content (AvgIpc) is 2.50. The van der Waals surface area contributed by atoms with Gasteiger partial charge in [-0.3, -0.25) is 4.79 Å². The van der Waals surface area contributed by atoms with E-state index < -0.39 is 0 Å². The molecule has 0 fully saturated rings. The molecule has 0 bridgehead atoms. The molecule has 0 aliphatic carbocycles. The first kappa shape index (κ1) is 16.9. The second-order valence-electron chi connectivity index (χ2n) is 5.05. The van der Waals surface area contributed by atoms with Crippen molar-refractivity contribution < 1.29 is 14.3 Å². The second kappa shape index (κ2) is 8.20. The molecule has 0 amide bonds.